The molecule has 0 amide bonds. The fraction of sp³-hybridized carbons (Fsp3) is 0.130. The Balaban J connectivity index is 2.05. The summed E-state index contributed by atoms with van der Waals surface area (Å²) in [5.41, 5.74) is 3.40. The minimum Gasteiger partial charge on any atom is -0.453 e. The van der Waals surface area contributed by atoms with Crippen LogP contribution in [-0.2, 0) is 0 Å². The monoisotopic (exact) mass is 386 g/mol. The minimum atomic E-state index is -0.231. The second kappa shape index (κ2) is 6.46. The predicted molar refractivity (Wildman–Crippen MR) is 116 cm³/mol. The highest BCUT2D eigenvalue weighted by molar-refractivity contribution is 6.14. The fourth-order valence-electron chi connectivity index (χ4n) is 3.87. The normalized spacial score (nSPS) is 11.7. The number of anilines is 1. The van der Waals surface area contributed by atoms with Crippen molar-refractivity contribution < 1.29 is 9.52 Å². The van der Waals surface area contributed by atoms with E-state index in [-0.39, 0.29) is 29.4 Å². The molecule has 0 saturated heterocycles. The van der Waals surface area contributed by atoms with Crippen LogP contribution in [0.1, 0.15) is 5.56 Å². The van der Waals surface area contributed by atoms with Crippen LogP contribution in [0.15, 0.2) is 62.5 Å². The molecule has 6 nitrogen and oxygen atoms in total. The molecule has 0 aliphatic heterocycles. The highest BCUT2D eigenvalue weighted by Crippen LogP contribution is 2.31. The maximum Gasteiger partial charge on any atom is 0.196 e. The molecule has 0 radical (unpaired) electrons. The van der Waals surface area contributed by atoms with Gasteiger partial charge < -0.3 is 19.8 Å². The molecule has 144 valence electrons. The van der Waals surface area contributed by atoms with Crippen LogP contribution in [0.3, 0.4) is 0 Å². The number of rotatable bonds is 3. The molecule has 29 heavy (non-hydrogen) atoms. The van der Waals surface area contributed by atoms with Crippen LogP contribution in [0, 0.1) is 6.92 Å². The highest BCUT2D eigenvalue weighted by atomic mass is 16.3. The largest absolute Gasteiger partial charge is 0.453 e. The molecule has 0 aliphatic carbocycles. The molecule has 0 unspecified atom stereocenters. The standard InChI is InChI=1S/C23H18N2O4/c1-12-6-7-15-17(10-12)29-18-11-16(24-8-9-26)19-20(21(18)25-15)23(28)14-5-3-2-4-13(14)22(19)27/h2-7,10-11,24-26H,8-9H2,1H3. The number of aliphatic hydroxyl groups is 1. The average Bonchev–Trinajstić information content (AvgIpc) is 2.73. The van der Waals surface area contributed by atoms with E-state index >= 15 is 0 Å². The Kier molecular flexibility index (Phi) is 3.89. The molecule has 0 atom stereocenters. The Hall–Kier alpha value is -3.64. The lowest BCUT2D eigenvalue weighted by atomic mass is 9.99. The minimum absolute atomic E-state index is 0.105. The molecular weight excluding hydrogens is 368 g/mol. The number of fused-ring (bicyclic) bond motifs is 5. The van der Waals surface area contributed by atoms with E-state index in [1.165, 1.54) is 0 Å². The highest BCUT2D eigenvalue weighted by Gasteiger charge is 2.18. The summed E-state index contributed by atoms with van der Waals surface area (Å²) in [4.78, 5) is 30.0. The summed E-state index contributed by atoms with van der Waals surface area (Å²) in [6.45, 7) is 2.11. The topological polar surface area (TPSA) is 95.3 Å². The van der Waals surface area contributed by atoms with E-state index in [2.05, 4.69) is 10.3 Å². The van der Waals surface area contributed by atoms with Gasteiger partial charge in [0.1, 0.15) is 0 Å². The van der Waals surface area contributed by atoms with Gasteiger partial charge in [-0.05, 0) is 24.6 Å². The first-order chi connectivity index (χ1) is 14.1. The van der Waals surface area contributed by atoms with Gasteiger partial charge in [0.2, 0.25) is 0 Å². The van der Waals surface area contributed by atoms with Crippen molar-refractivity contribution >= 4 is 49.4 Å². The first kappa shape index (κ1) is 17.5. The van der Waals surface area contributed by atoms with Crippen molar-refractivity contribution in [2.75, 3.05) is 18.5 Å². The van der Waals surface area contributed by atoms with Crippen molar-refractivity contribution in [1.29, 1.82) is 0 Å². The van der Waals surface area contributed by atoms with Gasteiger partial charge in [-0.3, -0.25) is 9.59 Å². The Bertz CT molecular complexity index is 1550. The lowest BCUT2D eigenvalue weighted by Gasteiger charge is -2.12. The molecule has 0 saturated carbocycles. The number of aromatic nitrogens is 1. The van der Waals surface area contributed by atoms with Gasteiger partial charge in [0.25, 0.3) is 0 Å². The van der Waals surface area contributed by atoms with Crippen LogP contribution < -0.4 is 16.2 Å². The van der Waals surface area contributed by atoms with E-state index in [4.69, 9.17) is 4.42 Å². The summed E-state index contributed by atoms with van der Waals surface area (Å²) in [7, 11) is 0. The van der Waals surface area contributed by atoms with Gasteiger partial charge in [-0.15, -0.1) is 0 Å². The summed E-state index contributed by atoms with van der Waals surface area (Å²) < 4.78 is 6.09. The van der Waals surface area contributed by atoms with Crippen molar-refractivity contribution in [1.82, 2.24) is 4.98 Å². The molecule has 0 aliphatic rings. The molecular formula is C23H18N2O4. The average molecular weight is 386 g/mol. The lowest BCUT2D eigenvalue weighted by molar-refractivity contribution is 0.311. The molecule has 1 aromatic heterocycles. The van der Waals surface area contributed by atoms with Gasteiger partial charge in [-0.2, -0.15) is 0 Å². The van der Waals surface area contributed by atoms with Crippen LogP contribution in [0.2, 0.25) is 0 Å². The maximum atomic E-state index is 13.4. The molecule has 5 aromatic rings. The van der Waals surface area contributed by atoms with E-state index in [1.54, 1.807) is 30.3 Å². The number of nitrogens with one attached hydrogen (secondary N) is 2. The van der Waals surface area contributed by atoms with Crippen molar-refractivity contribution in [2.24, 2.45) is 0 Å². The Morgan fingerprint density at radius 2 is 1.69 bits per heavy atom. The van der Waals surface area contributed by atoms with Crippen molar-refractivity contribution in [3.63, 3.8) is 0 Å². The molecule has 1 heterocycles. The molecule has 5 rings (SSSR count). The molecule has 4 aromatic carbocycles. The van der Waals surface area contributed by atoms with E-state index in [0.717, 1.165) is 11.1 Å². The van der Waals surface area contributed by atoms with E-state index in [0.29, 0.717) is 38.5 Å². The summed E-state index contributed by atoms with van der Waals surface area (Å²) in [6.07, 6.45) is 0. The summed E-state index contributed by atoms with van der Waals surface area (Å²) in [6, 6.07) is 14.3. The number of aliphatic hydroxyl groups excluding tert-OH is 1. The van der Waals surface area contributed by atoms with Crippen LogP contribution in [0.4, 0.5) is 5.69 Å². The zero-order valence-electron chi connectivity index (χ0n) is 15.7. The third-order valence-electron chi connectivity index (χ3n) is 5.21. The third-order valence-corrected chi connectivity index (χ3v) is 5.21. The zero-order chi connectivity index (χ0) is 20.1. The first-order valence-corrected chi connectivity index (χ1v) is 9.38. The quantitative estimate of drug-likeness (QED) is 0.325. The molecule has 0 fully saturated rings. The third kappa shape index (κ3) is 2.61. The van der Waals surface area contributed by atoms with Crippen LogP contribution in [-0.4, -0.2) is 23.2 Å². The number of benzene rings is 4. The maximum absolute atomic E-state index is 13.4. The van der Waals surface area contributed by atoms with Crippen molar-refractivity contribution in [3.05, 3.63) is 74.5 Å². The van der Waals surface area contributed by atoms with E-state index in [9.17, 15) is 14.7 Å². The SMILES string of the molecule is Cc1ccc2[nH]c3c(cc(NCCO)c4c(=O)c5ccccc5c(=O)c43)oc2c1. The van der Waals surface area contributed by atoms with Crippen molar-refractivity contribution in [3.8, 4) is 0 Å². The number of H-pyrrole nitrogens is 1. The summed E-state index contributed by atoms with van der Waals surface area (Å²) in [5.74, 6) is 0. The van der Waals surface area contributed by atoms with E-state index in [1.807, 2.05) is 25.1 Å². The molecule has 0 spiro atoms. The molecule has 0 bridgehead atoms. The lowest BCUT2D eigenvalue weighted by Crippen LogP contribution is -2.16. The Labute approximate surface area is 164 Å². The predicted octanol–water partition coefficient (Wildman–Crippen LogP) is 3.65. The molecule has 3 N–H and O–H groups in total. The van der Waals surface area contributed by atoms with Gasteiger partial charge in [0.05, 0.1) is 34.1 Å². The smallest absolute Gasteiger partial charge is 0.196 e. The number of hydrogen-bond acceptors (Lipinski definition) is 5. The van der Waals surface area contributed by atoms with Gasteiger partial charge >= 0.3 is 0 Å². The Morgan fingerprint density at radius 1 is 0.966 bits per heavy atom. The fourth-order valence-corrected chi connectivity index (χ4v) is 3.87. The molecule has 6 heteroatoms. The first-order valence-electron chi connectivity index (χ1n) is 9.38. The zero-order valence-corrected chi connectivity index (χ0v) is 15.7. The van der Waals surface area contributed by atoms with Gasteiger partial charge in [-0.25, -0.2) is 0 Å². The van der Waals surface area contributed by atoms with Crippen LogP contribution in [0.5, 0.6) is 0 Å². The summed E-state index contributed by atoms with van der Waals surface area (Å²) >= 11 is 0. The number of aromatic amines is 1. The number of aryl methyl sites for hydroxylation is 1. The van der Waals surface area contributed by atoms with Crippen molar-refractivity contribution in [2.45, 2.75) is 6.92 Å². The summed E-state index contributed by atoms with van der Waals surface area (Å²) in [5, 5.41) is 13.7. The second-order valence-corrected chi connectivity index (χ2v) is 7.13. The number of hydrogen-bond donors (Lipinski definition) is 3. The second-order valence-electron chi connectivity index (χ2n) is 7.13. The van der Waals surface area contributed by atoms with Crippen LogP contribution in [0.25, 0.3) is 43.7 Å². The van der Waals surface area contributed by atoms with Gasteiger partial charge in [0, 0.05) is 23.4 Å². The van der Waals surface area contributed by atoms with Crippen LogP contribution >= 0.6 is 0 Å². The van der Waals surface area contributed by atoms with E-state index < -0.39 is 0 Å². The Morgan fingerprint density at radius 3 is 2.41 bits per heavy atom. The van der Waals surface area contributed by atoms with Gasteiger partial charge in [0.15, 0.2) is 22.0 Å². The van der Waals surface area contributed by atoms with Gasteiger partial charge in [-0.1, -0.05) is 30.3 Å².